The van der Waals surface area contributed by atoms with Gasteiger partial charge in [-0.2, -0.15) is 17.5 Å². The molecular formula is C9H15BrF3NO3S. The fraction of sp³-hybridized carbons (Fsp3) is 1.00. The van der Waals surface area contributed by atoms with Gasteiger partial charge >= 0.3 is 6.18 Å². The molecule has 0 aromatic carbocycles. The van der Waals surface area contributed by atoms with E-state index in [4.69, 9.17) is 4.74 Å². The second-order valence-corrected chi connectivity index (χ2v) is 7.00. The first-order chi connectivity index (χ1) is 8.27. The predicted octanol–water partition coefficient (Wildman–Crippen LogP) is 1.75. The Hall–Kier alpha value is 0.140. The molecule has 9 heteroatoms. The molecule has 0 unspecified atom stereocenters. The van der Waals surface area contributed by atoms with Crippen LogP contribution in [0.15, 0.2) is 0 Å². The second kappa shape index (κ2) is 6.53. The fourth-order valence-electron chi connectivity index (χ4n) is 1.78. The summed E-state index contributed by atoms with van der Waals surface area (Å²) >= 11 is 2.98. The fourth-order valence-corrected chi connectivity index (χ4v) is 4.32. The van der Waals surface area contributed by atoms with Crippen LogP contribution in [-0.2, 0) is 14.8 Å². The molecule has 0 N–H and O–H groups in total. The summed E-state index contributed by atoms with van der Waals surface area (Å²) in [6, 6.07) is 0. The number of hydrogen-bond acceptors (Lipinski definition) is 3. The molecule has 0 aromatic rings. The highest BCUT2D eigenvalue weighted by atomic mass is 79.9. The van der Waals surface area contributed by atoms with E-state index in [1.165, 1.54) is 0 Å². The molecule has 0 bridgehead atoms. The van der Waals surface area contributed by atoms with Crippen LogP contribution >= 0.6 is 15.9 Å². The third kappa shape index (κ3) is 4.67. The van der Waals surface area contributed by atoms with Crippen molar-refractivity contribution in [2.75, 3.05) is 31.6 Å². The summed E-state index contributed by atoms with van der Waals surface area (Å²) in [5, 5.41) is -0.599. The summed E-state index contributed by atoms with van der Waals surface area (Å²) < 4.78 is 66.9. The highest BCUT2D eigenvalue weighted by molar-refractivity contribution is 9.09. The molecule has 108 valence electrons. The molecule has 1 fully saturated rings. The van der Waals surface area contributed by atoms with Crippen LogP contribution < -0.4 is 0 Å². The monoisotopic (exact) mass is 353 g/mol. The van der Waals surface area contributed by atoms with Gasteiger partial charge in [0.05, 0.1) is 5.25 Å². The Bertz CT molecular complexity index is 355. The van der Waals surface area contributed by atoms with Crippen molar-refractivity contribution in [3.63, 3.8) is 0 Å². The molecule has 18 heavy (non-hydrogen) atoms. The van der Waals surface area contributed by atoms with Crippen molar-refractivity contribution in [1.82, 2.24) is 4.31 Å². The van der Waals surface area contributed by atoms with E-state index in [1.807, 2.05) is 0 Å². The van der Waals surface area contributed by atoms with Gasteiger partial charge in [-0.25, -0.2) is 8.42 Å². The number of alkyl halides is 4. The third-order valence-corrected chi connectivity index (χ3v) is 5.34. The van der Waals surface area contributed by atoms with E-state index in [0.29, 0.717) is 4.31 Å². The zero-order valence-corrected chi connectivity index (χ0v) is 12.0. The van der Waals surface area contributed by atoms with E-state index in [2.05, 4.69) is 15.9 Å². The van der Waals surface area contributed by atoms with E-state index >= 15 is 0 Å². The summed E-state index contributed by atoms with van der Waals surface area (Å²) in [6.07, 6.45) is -4.03. The Morgan fingerprint density at radius 1 is 1.28 bits per heavy atom. The average Bonchev–Trinajstić information content (AvgIpc) is 2.28. The Balaban J connectivity index is 2.81. The van der Waals surface area contributed by atoms with E-state index < -0.39 is 28.0 Å². The molecule has 1 saturated heterocycles. The summed E-state index contributed by atoms with van der Waals surface area (Å²) in [6.45, 7) is -1.06. The Kier molecular flexibility index (Phi) is 5.88. The van der Waals surface area contributed by atoms with Crippen molar-refractivity contribution in [3.05, 3.63) is 0 Å². The lowest BCUT2D eigenvalue weighted by atomic mass is 10.2. The van der Waals surface area contributed by atoms with Crippen molar-refractivity contribution in [2.45, 2.75) is 24.3 Å². The summed E-state index contributed by atoms with van der Waals surface area (Å²) in [5.74, 6) is 0. The second-order valence-electron chi connectivity index (χ2n) is 3.99. The van der Waals surface area contributed by atoms with Crippen LogP contribution in [0.25, 0.3) is 0 Å². The minimum absolute atomic E-state index is 0.172. The molecule has 0 radical (unpaired) electrons. The normalized spacial score (nSPS) is 19.4. The summed E-state index contributed by atoms with van der Waals surface area (Å²) in [4.78, 5) is 0. The number of halogens is 4. The zero-order chi connectivity index (χ0) is 13.8. The molecular weight excluding hydrogens is 339 g/mol. The maximum atomic E-state index is 12.4. The van der Waals surface area contributed by atoms with Crippen molar-refractivity contribution in [2.24, 2.45) is 0 Å². The molecule has 1 aliphatic heterocycles. The van der Waals surface area contributed by atoms with Crippen molar-refractivity contribution in [3.8, 4) is 0 Å². The first kappa shape index (κ1) is 16.2. The maximum absolute atomic E-state index is 12.4. The van der Waals surface area contributed by atoms with Gasteiger partial charge in [0.25, 0.3) is 0 Å². The van der Waals surface area contributed by atoms with E-state index in [-0.39, 0.29) is 37.9 Å². The average molecular weight is 354 g/mol. The van der Waals surface area contributed by atoms with Crippen LogP contribution in [0.3, 0.4) is 0 Å². The molecule has 1 heterocycles. The van der Waals surface area contributed by atoms with Crippen LogP contribution in [0.4, 0.5) is 13.2 Å². The number of hydrogen-bond donors (Lipinski definition) is 0. The highest BCUT2D eigenvalue weighted by Crippen LogP contribution is 2.24. The third-order valence-electron chi connectivity index (χ3n) is 2.64. The van der Waals surface area contributed by atoms with Crippen molar-refractivity contribution < 1.29 is 26.3 Å². The summed E-state index contributed by atoms with van der Waals surface area (Å²) in [7, 11) is -3.92. The standard InChI is InChI=1S/C9H15BrF3NO3S/c10-3-4-14(7-9(11,12)13)18(15,16)8-1-5-17-6-2-8/h8H,1-7H2. The van der Waals surface area contributed by atoms with Gasteiger partial charge in [0, 0.05) is 25.1 Å². The van der Waals surface area contributed by atoms with Gasteiger partial charge in [-0.05, 0) is 12.8 Å². The van der Waals surface area contributed by atoms with Crippen LogP contribution in [0.5, 0.6) is 0 Å². The first-order valence-corrected chi connectivity index (χ1v) is 8.09. The van der Waals surface area contributed by atoms with E-state index in [0.717, 1.165) is 0 Å². The Morgan fingerprint density at radius 2 is 1.83 bits per heavy atom. The maximum Gasteiger partial charge on any atom is 0.402 e. The molecule has 0 spiro atoms. The Morgan fingerprint density at radius 3 is 2.28 bits per heavy atom. The van der Waals surface area contributed by atoms with Gasteiger partial charge in [-0.15, -0.1) is 0 Å². The van der Waals surface area contributed by atoms with E-state index in [1.54, 1.807) is 0 Å². The van der Waals surface area contributed by atoms with Gasteiger partial charge in [-0.3, -0.25) is 0 Å². The smallest absolute Gasteiger partial charge is 0.381 e. The molecule has 0 atom stereocenters. The molecule has 1 rings (SSSR count). The molecule has 0 aromatic heterocycles. The van der Waals surface area contributed by atoms with Gasteiger partial charge < -0.3 is 4.74 Å². The molecule has 0 aliphatic carbocycles. The zero-order valence-electron chi connectivity index (χ0n) is 9.62. The lowest BCUT2D eigenvalue weighted by Gasteiger charge is -2.29. The van der Waals surface area contributed by atoms with Gasteiger partial charge in [0.15, 0.2) is 0 Å². The van der Waals surface area contributed by atoms with Crippen LogP contribution in [0.1, 0.15) is 12.8 Å². The van der Waals surface area contributed by atoms with Gasteiger partial charge in [-0.1, -0.05) is 15.9 Å². The van der Waals surface area contributed by atoms with Crippen molar-refractivity contribution >= 4 is 26.0 Å². The quantitative estimate of drug-likeness (QED) is 0.707. The number of nitrogens with zero attached hydrogens (tertiary/aromatic N) is 1. The largest absolute Gasteiger partial charge is 0.402 e. The first-order valence-electron chi connectivity index (χ1n) is 5.47. The molecule has 1 aliphatic rings. The topological polar surface area (TPSA) is 46.6 Å². The van der Waals surface area contributed by atoms with Crippen LogP contribution in [-0.4, -0.2) is 55.8 Å². The number of ether oxygens (including phenoxy) is 1. The van der Waals surface area contributed by atoms with Crippen LogP contribution in [0, 0.1) is 0 Å². The van der Waals surface area contributed by atoms with Crippen LogP contribution in [0.2, 0.25) is 0 Å². The van der Waals surface area contributed by atoms with Crippen molar-refractivity contribution in [1.29, 1.82) is 0 Å². The number of sulfonamides is 1. The molecule has 0 saturated carbocycles. The lowest BCUT2D eigenvalue weighted by Crippen LogP contribution is -2.46. The predicted molar refractivity (Wildman–Crippen MR) is 64.2 cm³/mol. The Labute approximate surface area is 113 Å². The van der Waals surface area contributed by atoms with Gasteiger partial charge in [0.1, 0.15) is 6.54 Å². The van der Waals surface area contributed by atoms with E-state index in [9.17, 15) is 21.6 Å². The van der Waals surface area contributed by atoms with Gasteiger partial charge in [0.2, 0.25) is 10.0 Å². The SMILES string of the molecule is O=S(=O)(C1CCOCC1)N(CCBr)CC(F)(F)F. The molecule has 0 amide bonds. The minimum Gasteiger partial charge on any atom is -0.381 e. The molecule has 4 nitrogen and oxygen atoms in total. The lowest BCUT2D eigenvalue weighted by molar-refractivity contribution is -0.135. The number of rotatable bonds is 5. The summed E-state index contributed by atoms with van der Waals surface area (Å²) in [5.41, 5.74) is 0. The highest BCUT2D eigenvalue weighted by Gasteiger charge is 2.39. The minimum atomic E-state index is -4.53.